The lowest BCUT2D eigenvalue weighted by Gasteiger charge is -2.33. The summed E-state index contributed by atoms with van der Waals surface area (Å²) in [6.45, 7) is 6.93. The maximum Gasteiger partial charge on any atom is 0.253 e. The van der Waals surface area contributed by atoms with Gasteiger partial charge in [0.05, 0.1) is 24.9 Å². The van der Waals surface area contributed by atoms with E-state index in [-0.39, 0.29) is 11.9 Å². The molecule has 2 aliphatic rings. The first kappa shape index (κ1) is 15.4. The number of piperidine rings is 1. The van der Waals surface area contributed by atoms with E-state index in [1.165, 1.54) is 11.3 Å². The molecule has 1 aromatic carbocycles. The maximum absolute atomic E-state index is 12.9. The Hall–Kier alpha value is -2.14. The third-order valence-electron chi connectivity index (χ3n) is 5.04. The molecule has 5 nitrogen and oxygen atoms in total. The molecular weight excluding hydrogens is 302 g/mol. The lowest BCUT2D eigenvalue weighted by atomic mass is 10.0. The Kier molecular flexibility index (Phi) is 3.88. The van der Waals surface area contributed by atoms with Crippen molar-refractivity contribution in [3.63, 3.8) is 0 Å². The van der Waals surface area contributed by atoms with Crippen LogP contribution in [-0.2, 0) is 18.0 Å². The van der Waals surface area contributed by atoms with Crippen LogP contribution in [-0.4, -0.2) is 33.7 Å². The SMILES string of the molecule is Cc1cc(C)n([C@@H]2CCCN(C(=O)c3ccc4c(c3)COC4)C2)n1. The number of amides is 1. The summed E-state index contributed by atoms with van der Waals surface area (Å²) in [7, 11) is 0. The van der Waals surface area contributed by atoms with Gasteiger partial charge >= 0.3 is 0 Å². The summed E-state index contributed by atoms with van der Waals surface area (Å²) in [6.07, 6.45) is 2.09. The Morgan fingerprint density at radius 1 is 1.21 bits per heavy atom. The summed E-state index contributed by atoms with van der Waals surface area (Å²) in [5.74, 6) is 0.121. The van der Waals surface area contributed by atoms with Crippen LogP contribution in [0.4, 0.5) is 0 Å². The van der Waals surface area contributed by atoms with Gasteiger partial charge in [0.15, 0.2) is 0 Å². The number of ether oxygens (including phenoxy) is 1. The molecule has 1 aromatic heterocycles. The number of likely N-dealkylation sites (tertiary alicyclic amines) is 1. The summed E-state index contributed by atoms with van der Waals surface area (Å²) < 4.78 is 7.54. The Bertz CT molecular complexity index is 781. The molecule has 1 atom stereocenters. The fraction of sp³-hybridized carbons (Fsp3) is 0.474. The molecule has 0 unspecified atom stereocenters. The Balaban J connectivity index is 1.53. The minimum Gasteiger partial charge on any atom is -0.372 e. The van der Waals surface area contributed by atoms with Crippen molar-refractivity contribution in [2.45, 2.75) is 45.9 Å². The second-order valence-corrected chi connectivity index (χ2v) is 6.90. The van der Waals surface area contributed by atoms with Gasteiger partial charge in [-0.25, -0.2) is 0 Å². The van der Waals surface area contributed by atoms with Crippen LogP contribution in [0.15, 0.2) is 24.3 Å². The number of carbonyl (C=O) groups is 1. The molecule has 1 fully saturated rings. The Morgan fingerprint density at radius 2 is 2.04 bits per heavy atom. The second kappa shape index (κ2) is 6.06. The largest absolute Gasteiger partial charge is 0.372 e. The average molecular weight is 325 g/mol. The molecule has 4 rings (SSSR count). The fourth-order valence-corrected chi connectivity index (χ4v) is 3.84. The van der Waals surface area contributed by atoms with Gasteiger partial charge in [0.1, 0.15) is 0 Å². The zero-order chi connectivity index (χ0) is 16.7. The Labute approximate surface area is 142 Å². The van der Waals surface area contributed by atoms with Crippen molar-refractivity contribution in [1.29, 1.82) is 0 Å². The van der Waals surface area contributed by atoms with Crippen LogP contribution >= 0.6 is 0 Å². The standard InChI is InChI=1S/C19H23N3O2/c1-13-8-14(2)22(20-13)18-4-3-7-21(10-18)19(23)15-5-6-16-11-24-12-17(16)9-15/h5-6,8-9,18H,3-4,7,10-12H2,1-2H3/t18-/m1/s1. The van der Waals surface area contributed by atoms with Crippen molar-refractivity contribution in [1.82, 2.24) is 14.7 Å². The van der Waals surface area contributed by atoms with Gasteiger partial charge in [0, 0.05) is 24.3 Å². The quantitative estimate of drug-likeness (QED) is 0.853. The predicted octanol–water partition coefficient (Wildman–Crippen LogP) is 3.01. The number of benzene rings is 1. The van der Waals surface area contributed by atoms with Crippen LogP contribution < -0.4 is 0 Å². The first-order valence-corrected chi connectivity index (χ1v) is 8.63. The van der Waals surface area contributed by atoms with Crippen LogP contribution in [0.25, 0.3) is 0 Å². The number of hydrogen-bond donors (Lipinski definition) is 0. The van der Waals surface area contributed by atoms with Gasteiger partial charge in [0.25, 0.3) is 5.91 Å². The highest BCUT2D eigenvalue weighted by atomic mass is 16.5. The second-order valence-electron chi connectivity index (χ2n) is 6.90. The zero-order valence-corrected chi connectivity index (χ0v) is 14.3. The highest BCUT2D eigenvalue weighted by Crippen LogP contribution is 2.26. The molecule has 0 radical (unpaired) electrons. The molecule has 2 aliphatic heterocycles. The number of aromatic nitrogens is 2. The minimum absolute atomic E-state index is 0.121. The van der Waals surface area contributed by atoms with Gasteiger partial charge in [-0.2, -0.15) is 5.10 Å². The van der Waals surface area contributed by atoms with Crippen LogP contribution in [0.2, 0.25) is 0 Å². The third kappa shape index (κ3) is 2.73. The number of aryl methyl sites for hydroxylation is 2. The molecule has 0 bridgehead atoms. The average Bonchev–Trinajstić information content (AvgIpc) is 3.19. The molecule has 2 aromatic rings. The van der Waals surface area contributed by atoms with E-state index in [4.69, 9.17) is 4.74 Å². The molecule has 0 spiro atoms. The number of nitrogens with zero attached hydrogens (tertiary/aromatic N) is 3. The molecule has 24 heavy (non-hydrogen) atoms. The van der Waals surface area contributed by atoms with E-state index in [2.05, 4.69) is 22.8 Å². The first-order valence-electron chi connectivity index (χ1n) is 8.63. The maximum atomic E-state index is 12.9. The van der Waals surface area contributed by atoms with E-state index in [0.717, 1.165) is 42.8 Å². The van der Waals surface area contributed by atoms with Crippen molar-refractivity contribution < 1.29 is 9.53 Å². The molecular formula is C19H23N3O2. The van der Waals surface area contributed by atoms with Crippen LogP contribution in [0, 0.1) is 13.8 Å². The van der Waals surface area contributed by atoms with Crippen molar-refractivity contribution in [3.05, 3.63) is 52.3 Å². The molecule has 3 heterocycles. The number of hydrogen-bond acceptors (Lipinski definition) is 3. The van der Waals surface area contributed by atoms with Crippen molar-refractivity contribution in [2.24, 2.45) is 0 Å². The smallest absolute Gasteiger partial charge is 0.253 e. The van der Waals surface area contributed by atoms with Crippen LogP contribution in [0.3, 0.4) is 0 Å². The zero-order valence-electron chi connectivity index (χ0n) is 14.3. The van der Waals surface area contributed by atoms with E-state index >= 15 is 0 Å². The summed E-state index contributed by atoms with van der Waals surface area (Å²) in [5, 5.41) is 4.61. The fourth-order valence-electron chi connectivity index (χ4n) is 3.84. The monoisotopic (exact) mass is 325 g/mol. The highest BCUT2D eigenvalue weighted by molar-refractivity contribution is 5.94. The molecule has 0 N–H and O–H groups in total. The lowest BCUT2D eigenvalue weighted by molar-refractivity contribution is 0.0671. The molecule has 1 saturated heterocycles. The van der Waals surface area contributed by atoms with Crippen molar-refractivity contribution in [2.75, 3.05) is 13.1 Å². The van der Waals surface area contributed by atoms with Gasteiger partial charge in [-0.05, 0) is 56.0 Å². The van der Waals surface area contributed by atoms with Gasteiger partial charge < -0.3 is 9.64 Å². The van der Waals surface area contributed by atoms with Crippen LogP contribution in [0.1, 0.15) is 51.8 Å². The van der Waals surface area contributed by atoms with E-state index in [9.17, 15) is 4.79 Å². The summed E-state index contributed by atoms with van der Waals surface area (Å²) in [5.41, 5.74) is 5.32. The van der Waals surface area contributed by atoms with Crippen molar-refractivity contribution in [3.8, 4) is 0 Å². The molecule has 0 aliphatic carbocycles. The van der Waals surface area contributed by atoms with Gasteiger partial charge in [-0.3, -0.25) is 9.48 Å². The van der Waals surface area contributed by atoms with Gasteiger partial charge in [-0.1, -0.05) is 6.07 Å². The number of fused-ring (bicyclic) bond motifs is 1. The first-order chi connectivity index (χ1) is 11.6. The normalized spacial score (nSPS) is 20.2. The van der Waals surface area contributed by atoms with Crippen molar-refractivity contribution >= 4 is 5.91 Å². The summed E-state index contributed by atoms with van der Waals surface area (Å²) in [4.78, 5) is 14.9. The molecule has 5 heteroatoms. The van der Waals surface area contributed by atoms with E-state index < -0.39 is 0 Å². The predicted molar refractivity (Wildman–Crippen MR) is 90.8 cm³/mol. The molecule has 126 valence electrons. The van der Waals surface area contributed by atoms with Crippen LogP contribution in [0.5, 0.6) is 0 Å². The Morgan fingerprint density at radius 3 is 2.83 bits per heavy atom. The van der Waals surface area contributed by atoms with E-state index in [1.54, 1.807) is 0 Å². The van der Waals surface area contributed by atoms with E-state index in [1.807, 2.05) is 30.0 Å². The highest BCUT2D eigenvalue weighted by Gasteiger charge is 2.27. The summed E-state index contributed by atoms with van der Waals surface area (Å²) >= 11 is 0. The van der Waals surface area contributed by atoms with E-state index in [0.29, 0.717) is 13.2 Å². The third-order valence-corrected chi connectivity index (χ3v) is 5.04. The van der Waals surface area contributed by atoms with Gasteiger partial charge in [-0.15, -0.1) is 0 Å². The number of rotatable bonds is 2. The topological polar surface area (TPSA) is 47.4 Å². The number of carbonyl (C=O) groups excluding carboxylic acids is 1. The molecule has 0 saturated carbocycles. The molecule has 1 amide bonds. The minimum atomic E-state index is 0.121. The lowest BCUT2D eigenvalue weighted by Crippen LogP contribution is -2.41. The summed E-state index contributed by atoms with van der Waals surface area (Å²) in [6, 6.07) is 8.33. The van der Waals surface area contributed by atoms with Gasteiger partial charge in [0.2, 0.25) is 0 Å².